The normalized spacial score (nSPS) is 20.7. The topological polar surface area (TPSA) is 44.8 Å². The van der Waals surface area contributed by atoms with E-state index in [0.717, 1.165) is 23.2 Å². The predicted molar refractivity (Wildman–Crippen MR) is 114 cm³/mol. The lowest BCUT2D eigenvalue weighted by atomic mass is 9.82. The Morgan fingerprint density at radius 3 is 2.65 bits per heavy atom. The molecule has 2 aromatic rings. The lowest BCUT2D eigenvalue weighted by Crippen LogP contribution is -2.61. The van der Waals surface area contributed by atoms with Crippen molar-refractivity contribution in [1.29, 1.82) is 0 Å². The highest BCUT2D eigenvalue weighted by molar-refractivity contribution is 5.82. The first-order chi connectivity index (χ1) is 14.8. The number of para-hydroxylation sites is 2. The number of nitrogens with zero attached hydrogens (tertiary/aromatic N) is 2. The highest BCUT2D eigenvalue weighted by Gasteiger charge is 2.43. The lowest BCUT2D eigenvalue weighted by molar-refractivity contribution is -0.137. The zero-order chi connectivity index (χ0) is 22.2. The molecule has 0 aromatic heterocycles. The van der Waals surface area contributed by atoms with E-state index in [1.165, 1.54) is 6.07 Å². The molecular weight excluding hydrogens is 407 g/mol. The van der Waals surface area contributed by atoms with Gasteiger partial charge in [0.05, 0.1) is 30.3 Å². The largest absolute Gasteiger partial charge is 0.495 e. The number of nitrogens with one attached hydrogen (secondary N) is 1. The molecule has 0 saturated carbocycles. The quantitative estimate of drug-likeness (QED) is 0.799. The summed E-state index contributed by atoms with van der Waals surface area (Å²) < 4.78 is 45.3. The van der Waals surface area contributed by atoms with Crippen molar-refractivity contribution in [3.8, 4) is 5.75 Å². The number of halogens is 3. The van der Waals surface area contributed by atoms with Crippen LogP contribution in [-0.2, 0) is 17.4 Å². The Kier molecular flexibility index (Phi) is 5.73. The second-order valence-corrected chi connectivity index (χ2v) is 7.93. The zero-order valence-electron chi connectivity index (χ0n) is 17.6. The van der Waals surface area contributed by atoms with E-state index in [2.05, 4.69) is 15.1 Å². The number of anilines is 2. The van der Waals surface area contributed by atoms with Gasteiger partial charge < -0.3 is 19.9 Å². The molecule has 0 radical (unpaired) electrons. The van der Waals surface area contributed by atoms with Gasteiger partial charge in [-0.2, -0.15) is 13.2 Å². The molecule has 2 heterocycles. The standard InChI is InChI=1S/C23H26F3N3O2/c1-3-27-22(30)17-13-15-12-16(23(24,25)26)8-9-18(15)29-11-10-28(14-20(17)29)19-6-4-5-7-21(19)31-2/h4-9,12,17,20H,3,10-11,13-14H2,1-2H3,(H,27,30)/t17-,20+/m1/s1. The molecule has 1 fully saturated rings. The second-order valence-electron chi connectivity index (χ2n) is 7.93. The summed E-state index contributed by atoms with van der Waals surface area (Å²) in [4.78, 5) is 17.2. The Balaban J connectivity index is 1.70. The molecule has 5 nitrogen and oxygen atoms in total. The van der Waals surface area contributed by atoms with E-state index in [1.807, 2.05) is 31.2 Å². The van der Waals surface area contributed by atoms with Gasteiger partial charge in [-0.05, 0) is 49.2 Å². The summed E-state index contributed by atoms with van der Waals surface area (Å²) in [6.07, 6.45) is -4.12. The maximum absolute atomic E-state index is 13.3. The van der Waals surface area contributed by atoms with Crippen LogP contribution in [0.3, 0.4) is 0 Å². The Labute approximate surface area is 179 Å². The Morgan fingerprint density at radius 1 is 1.16 bits per heavy atom. The minimum Gasteiger partial charge on any atom is -0.495 e. The van der Waals surface area contributed by atoms with E-state index in [1.54, 1.807) is 13.2 Å². The number of carbonyl (C=O) groups excluding carboxylic acids is 1. The monoisotopic (exact) mass is 433 g/mol. The number of amides is 1. The number of fused-ring (bicyclic) bond motifs is 3. The minimum absolute atomic E-state index is 0.123. The first-order valence-corrected chi connectivity index (χ1v) is 10.5. The van der Waals surface area contributed by atoms with Crippen molar-refractivity contribution in [3.05, 3.63) is 53.6 Å². The minimum atomic E-state index is -4.41. The van der Waals surface area contributed by atoms with Crippen LogP contribution in [0.25, 0.3) is 0 Å². The Hall–Kier alpha value is -2.90. The van der Waals surface area contributed by atoms with E-state index >= 15 is 0 Å². The van der Waals surface area contributed by atoms with Gasteiger partial charge in [0, 0.05) is 31.9 Å². The molecule has 2 atom stereocenters. The first-order valence-electron chi connectivity index (χ1n) is 10.5. The number of rotatable bonds is 4. The Bertz CT molecular complexity index is 963. The van der Waals surface area contributed by atoms with Crippen LogP contribution in [0.5, 0.6) is 5.75 Å². The summed E-state index contributed by atoms with van der Waals surface area (Å²) in [5, 5.41) is 2.87. The van der Waals surface area contributed by atoms with Crippen LogP contribution in [-0.4, -0.2) is 45.2 Å². The molecule has 1 saturated heterocycles. The number of hydrogen-bond acceptors (Lipinski definition) is 4. The molecule has 0 spiro atoms. The fraction of sp³-hybridized carbons (Fsp3) is 0.435. The smallest absolute Gasteiger partial charge is 0.416 e. The SMILES string of the molecule is CCNC(=O)[C@@H]1Cc2cc(C(F)(F)F)ccc2N2CCN(c3ccccc3OC)C[C@@H]12. The van der Waals surface area contributed by atoms with Crippen LogP contribution in [0.15, 0.2) is 42.5 Å². The predicted octanol–water partition coefficient (Wildman–Crippen LogP) is 3.72. The Morgan fingerprint density at radius 2 is 1.94 bits per heavy atom. The summed E-state index contributed by atoms with van der Waals surface area (Å²) >= 11 is 0. The van der Waals surface area contributed by atoms with Crippen LogP contribution < -0.4 is 19.9 Å². The van der Waals surface area contributed by atoms with Crippen LogP contribution in [0.1, 0.15) is 18.1 Å². The molecule has 1 N–H and O–H groups in total. The van der Waals surface area contributed by atoms with Crippen LogP contribution in [0.2, 0.25) is 0 Å². The van der Waals surface area contributed by atoms with Gasteiger partial charge in [-0.15, -0.1) is 0 Å². The van der Waals surface area contributed by atoms with Crippen LogP contribution in [0.4, 0.5) is 24.5 Å². The first kappa shape index (κ1) is 21.3. The van der Waals surface area contributed by atoms with Crippen molar-refractivity contribution >= 4 is 17.3 Å². The molecule has 0 aliphatic carbocycles. The maximum atomic E-state index is 13.3. The van der Waals surface area contributed by atoms with Gasteiger partial charge in [0.25, 0.3) is 0 Å². The van der Waals surface area contributed by atoms with Crippen molar-refractivity contribution in [2.75, 3.05) is 43.1 Å². The third-order valence-corrected chi connectivity index (χ3v) is 6.15. The molecule has 2 aromatic carbocycles. The maximum Gasteiger partial charge on any atom is 0.416 e. The van der Waals surface area contributed by atoms with Gasteiger partial charge in [0.15, 0.2) is 0 Å². The van der Waals surface area contributed by atoms with Gasteiger partial charge in [0.2, 0.25) is 5.91 Å². The number of piperazine rings is 1. The summed E-state index contributed by atoms with van der Waals surface area (Å²) in [5.41, 5.74) is 1.65. The van der Waals surface area contributed by atoms with E-state index in [0.29, 0.717) is 31.7 Å². The molecule has 8 heteroatoms. The van der Waals surface area contributed by atoms with E-state index in [-0.39, 0.29) is 18.4 Å². The number of ether oxygens (including phenoxy) is 1. The average molecular weight is 433 g/mol. The summed E-state index contributed by atoms with van der Waals surface area (Å²) in [5.74, 6) is 0.201. The van der Waals surface area contributed by atoms with Crippen molar-refractivity contribution in [2.24, 2.45) is 5.92 Å². The van der Waals surface area contributed by atoms with E-state index < -0.39 is 17.7 Å². The highest BCUT2D eigenvalue weighted by Crippen LogP contribution is 2.41. The number of benzene rings is 2. The molecule has 0 bridgehead atoms. The van der Waals surface area contributed by atoms with Gasteiger partial charge in [-0.1, -0.05) is 12.1 Å². The molecular formula is C23H26F3N3O2. The number of alkyl halides is 3. The van der Waals surface area contributed by atoms with Crippen molar-refractivity contribution in [2.45, 2.75) is 25.6 Å². The molecule has 0 unspecified atom stereocenters. The van der Waals surface area contributed by atoms with Crippen molar-refractivity contribution < 1.29 is 22.7 Å². The molecule has 2 aliphatic rings. The van der Waals surface area contributed by atoms with Crippen molar-refractivity contribution in [1.82, 2.24) is 5.32 Å². The van der Waals surface area contributed by atoms with Gasteiger partial charge in [-0.3, -0.25) is 4.79 Å². The molecule has 166 valence electrons. The summed E-state index contributed by atoms with van der Waals surface area (Å²) in [7, 11) is 1.63. The number of hydrogen-bond donors (Lipinski definition) is 1. The fourth-order valence-corrected chi connectivity index (χ4v) is 4.71. The highest BCUT2D eigenvalue weighted by atomic mass is 19.4. The van der Waals surface area contributed by atoms with Gasteiger partial charge >= 0.3 is 6.18 Å². The molecule has 1 amide bonds. The van der Waals surface area contributed by atoms with E-state index in [4.69, 9.17) is 4.74 Å². The number of methoxy groups -OCH3 is 1. The number of carbonyl (C=O) groups is 1. The third-order valence-electron chi connectivity index (χ3n) is 6.15. The van der Waals surface area contributed by atoms with Crippen LogP contribution in [0, 0.1) is 5.92 Å². The summed E-state index contributed by atoms with van der Waals surface area (Å²) in [6, 6.07) is 11.5. The summed E-state index contributed by atoms with van der Waals surface area (Å²) in [6.45, 7) is 4.20. The van der Waals surface area contributed by atoms with Gasteiger partial charge in [0.1, 0.15) is 5.75 Å². The fourth-order valence-electron chi connectivity index (χ4n) is 4.71. The lowest BCUT2D eigenvalue weighted by Gasteiger charge is -2.49. The molecule has 4 rings (SSSR count). The molecule has 2 aliphatic heterocycles. The third kappa shape index (κ3) is 4.03. The zero-order valence-corrected chi connectivity index (χ0v) is 17.6. The van der Waals surface area contributed by atoms with Crippen LogP contribution >= 0.6 is 0 Å². The van der Waals surface area contributed by atoms with Gasteiger partial charge in [-0.25, -0.2) is 0 Å². The molecule has 31 heavy (non-hydrogen) atoms. The van der Waals surface area contributed by atoms with E-state index in [9.17, 15) is 18.0 Å². The average Bonchev–Trinajstić information content (AvgIpc) is 2.77. The second kappa shape index (κ2) is 8.32. The van der Waals surface area contributed by atoms with Crippen molar-refractivity contribution in [3.63, 3.8) is 0 Å².